The molecule has 0 aliphatic heterocycles. The van der Waals surface area contributed by atoms with Gasteiger partial charge in [-0.1, -0.05) is 12.8 Å². The van der Waals surface area contributed by atoms with Crippen LogP contribution >= 0.6 is 0 Å². The van der Waals surface area contributed by atoms with E-state index in [1.807, 2.05) is 0 Å². The van der Waals surface area contributed by atoms with E-state index in [1.54, 1.807) is 0 Å². The molecule has 1 aliphatic carbocycles. The molecule has 3 N–H and O–H groups in total. The van der Waals surface area contributed by atoms with Crippen molar-refractivity contribution in [2.45, 2.75) is 30.6 Å². The molecule has 5 nitrogen and oxygen atoms in total. The summed E-state index contributed by atoms with van der Waals surface area (Å²) in [5.41, 5.74) is 6.24. The number of carbonyl (C=O) groups excluding carboxylic acids is 1. The van der Waals surface area contributed by atoms with Gasteiger partial charge in [0, 0.05) is 24.1 Å². The Balaban J connectivity index is 2.11. The molecule has 0 aromatic heterocycles. The molecule has 1 aromatic rings. The third-order valence-corrected chi connectivity index (χ3v) is 4.74. The molecule has 6 heteroatoms. The summed E-state index contributed by atoms with van der Waals surface area (Å²) < 4.78 is 23.1. The molecule has 1 fully saturated rings. The van der Waals surface area contributed by atoms with Gasteiger partial charge in [0.15, 0.2) is 9.84 Å². The largest absolute Gasteiger partial charge is 0.399 e. The standard InChI is InChI=1S/C14H20N2O3S/c1-20(18,19)13-7-11(6-12(15)8-13)14(17)16-9-10-4-2-3-5-10/h6-8,10H,2-5,9,15H2,1H3,(H,16,17). The fourth-order valence-corrected chi connectivity index (χ4v) is 3.21. The molecule has 1 aliphatic rings. The number of hydrogen-bond acceptors (Lipinski definition) is 4. The molecule has 0 radical (unpaired) electrons. The van der Waals surface area contributed by atoms with Crippen molar-refractivity contribution in [1.29, 1.82) is 0 Å². The number of amides is 1. The fraction of sp³-hybridized carbons (Fsp3) is 0.500. The second-order valence-electron chi connectivity index (χ2n) is 5.42. The zero-order valence-corrected chi connectivity index (χ0v) is 12.4. The van der Waals surface area contributed by atoms with E-state index in [-0.39, 0.29) is 16.5 Å². The molecule has 0 atom stereocenters. The number of carbonyl (C=O) groups is 1. The van der Waals surface area contributed by atoms with Gasteiger partial charge in [-0.25, -0.2) is 8.42 Å². The van der Waals surface area contributed by atoms with Crippen LogP contribution in [-0.2, 0) is 9.84 Å². The molecular formula is C14H20N2O3S. The predicted molar refractivity (Wildman–Crippen MR) is 78.3 cm³/mol. The zero-order chi connectivity index (χ0) is 14.8. The third-order valence-electron chi connectivity index (χ3n) is 3.65. The van der Waals surface area contributed by atoms with E-state index in [2.05, 4.69) is 5.32 Å². The van der Waals surface area contributed by atoms with Crippen LogP contribution in [0.4, 0.5) is 5.69 Å². The quantitative estimate of drug-likeness (QED) is 0.826. The second kappa shape index (κ2) is 5.83. The number of rotatable bonds is 4. The van der Waals surface area contributed by atoms with E-state index in [9.17, 15) is 13.2 Å². The second-order valence-corrected chi connectivity index (χ2v) is 7.44. The van der Waals surface area contributed by atoms with Crippen LogP contribution in [0.1, 0.15) is 36.0 Å². The van der Waals surface area contributed by atoms with Gasteiger partial charge >= 0.3 is 0 Å². The van der Waals surface area contributed by atoms with Crippen LogP contribution in [0.15, 0.2) is 23.1 Å². The van der Waals surface area contributed by atoms with Gasteiger partial charge in [0.25, 0.3) is 5.91 Å². The molecule has 0 bridgehead atoms. The van der Waals surface area contributed by atoms with Crippen molar-refractivity contribution >= 4 is 21.4 Å². The zero-order valence-electron chi connectivity index (χ0n) is 11.6. The first kappa shape index (κ1) is 14.8. The fourth-order valence-electron chi connectivity index (χ4n) is 2.52. The van der Waals surface area contributed by atoms with Crippen LogP contribution in [0.5, 0.6) is 0 Å². The average molecular weight is 296 g/mol. The van der Waals surface area contributed by atoms with E-state index in [0.717, 1.165) is 19.1 Å². The lowest BCUT2D eigenvalue weighted by molar-refractivity contribution is 0.0947. The van der Waals surface area contributed by atoms with Crippen molar-refractivity contribution in [3.8, 4) is 0 Å². The molecular weight excluding hydrogens is 276 g/mol. The van der Waals surface area contributed by atoms with Crippen molar-refractivity contribution in [3.63, 3.8) is 0 Å². The molecule has 1 saturated carbocycles. The van der Waals surface area contributed by atoms with Gasteiger partial charge < -0.3 is 11.1 Å². The molecule has 0 unspecified atom stereocenters. The van der Waals surface area contributed by atoms with Crippen LogP contribution in [-0.4, -0.2) is 27.1 Å². The Bertz CT molecular complexity index is 605. The summed E-state index contributed by atoms with van der Waals surface area (Å²) in [5.74, 6) is 0.267. The molecule has 1 amide bonds. The van der Waals surface area contributed by atoms with Crippen molar-refractivity contribution in [2.75, 3.05) is 18.5 Å². The highest BCUT2D eigenvalue weighted by molar-refractivity contribution is 7.90. The molecule has 0 heterocycles. The van der Waals surface area contributed by atoms with Crippen molar-refractivity contribution in [3.05, 3.63) is 23.8 Å². The lowest BCUT2D eigenvalue weighted by atomic mass is 10.1. The molecule has 20 heavy (non-hydrogen) atoms. The smallest absolute Gasteiger partial charge is 0.251 e. The highest BCUT2D eigenvalue weighted by Gasteiger charge is 2.17. The highest BCUT2D eigenvalue weighted by atomic mass is 32.2. The minimum absolute atomic E-state index is 0.0727. The maximum atomic E-state index is 12.1. The minimum atomic E-state index is -3.37. The number of hydrogen-bond donors (Lipinski definition) is 2. The number of benzene rings is 1. The molecule has 0 spiro atoms. The van der Waals surface area contributed by atoms with Gasteiger partial charge in [-0.3, -0.25) is 4.79 Å². The lowest BCUT2D eigenvalue weighted by Crippen LogP contribution is -2.28. The first-order valence-corrected chi connectivity index (χ1v) is 8.64. The van der Waals surface area contributed by atoms with Gasteiger partial charge in [0.05, 0.1) is 4.90 Å². The van der Waals surface area contributed by atoms with Gasteiger partial charge in [0.2, 0.25) is 0 Å². The minimum Gasteiger partial charge on any atom is -0.399 e. The average Bonchev–Trinajstić information content (AvgIpc) is 2.87. The van der Waals surface area contributed by atoms with Crippen molar-refractivity contribution < 1.29 is 13.2 Å². The Labute approximate surface area is 119 Å². The Hall–Kier alpha value is -1.56. The van der Waals surface area contributed by atoms with Crippen LogP contribution in [0.3, 0.4) is 0 Å². The summed E-state index contributed by atoms with van der Waals surface area (Å²) in [4.78, 5) is 12.1. The molecule has 2 rings (SSSR count). The number of nitrogens with two attached hydrogens (primary N) is 1. The molecule has 1 aromatic carbocycles. The normalized spacial score (nSPS) is 16.2. The summed E-state index contributed by atoms with van der Waals surface area (Å²) >= 11 is 0. The summed E-state index contributed by atoms with van der Waals surface area (Å²) in [6.07, 6.45) is 5.83. The summed E-state index contributed by atoms with van der Waals surface area (Å²) in [6, 6.07) is 4.23. The molecule has 110 valence electrons. The SMILES string of the molecule is CS(=O)(=O)c1cc(N)cc(C(=O)NCC2CCCC2)c1. The summed E-state index contributed by atoms with van der Waals surface area (Å²) in [7, 11) is -3.37. The first-order valence-electron chi connectivity index (χ1n) is 6.75. The predicted octanol–water partition coefficient (Wildman–Crippen LogP) is 1.59. The number of sulfone groups is 1. The van der Waals surface area contributed by atoms with Gasteiger partial charge in [0.1, 0.15) is 0 Å². The third kappa shape index (κ3) is 3.72. The van der Waals surface area contributed by atoms with Crippen LogP contribution in [0.25, 0.3) is 0 Å². The van der Waals surface area contributed by atoms with Crippen molar-refractivity contribution in [1.82, 2.24) is 5.32 Å². The monoisotopic (exact) mass is 296 g/mol. The summed E-state index contributed by atoms with van der Waals surface area (Å²) in [5, 5.41) is 2.86. The number of nitrogen functional groups attached to an aromatic ring is 1. The highest BCUT2D eigenvalue weighted by Crippen LogP contribution is 2.24. The Kier molecular flexibility index (Phi) is 4.32. The van der Waals surface area contributed by atoms with Crippen LogP contribution < -0.4 is 11.1 Å². The maximum absolute atomic E-state index is 12.1. The Morgan fingerprint density at radius 1 is 1.30 bits per heavy atom. The Morgan fingerprint density at radius 3 is 2.55 bits per heavy atom. The molecule has 0 saturated heterocycles. The topological polar surface area (TPSA) is 89.3 Å². The van der Waals surface area contributed by atoms with E-state index in [1.165, 1.54) is 31.0 Å². The van der Waals surface area contributed by atoms with Gasteiger partial charge in [-0.05, 0) is 37.0 Å². The van der Waals surface area contributed by atoms with E-state index < -0.39 is 9.84 Å². The summed E-state index contributed by atoms with van der Waals surface area (Å²) in [6.45, 7) is 0.641. The van der Waals surface area contributed by atoms with Crippen molar-refractivity contribution in [2.24, 2.45) is 5.92 Å². The lowest BCUT2D eigenvalue weighted by Gasteiger charge is -2.11. The number of nitrogens with one attached hydrogen (secondary N) is 1. The Morgan fingerprint density at radius 2 is 1.95 bits per heavy atom. The number of anilines is 1. The van der Waals surface area contributed by atoms with Gasteiger partial charge in [-0.2, -0.15) is 0 Å². The van der Waals surface area contributed by atoms with E-state index in [4.69, 9.17) is 5.73 Å². The van der Waals surface area contributed by atoms with E-state index in [0.29, 0.717) is 18.0 Å². The van der Waals surface area contributed by atoms with Gasteiger partial charge in [-0.15, -0.1) is 0 Å². The van der Waals surface area contributed by atoms with E-state index >= 15 is 0 Å². The van der Waals surface area contributed by atoms with Crippen LogP contribution in [0.2, 0.25) is 0 Å². The van der Waals surface area contributed by atoms with Crippen LogP contribution in [0, 0.1) is 5.92 Å². The maximum Gasteiger partial charge on any atom is 0.251 e. The first-order chi connectivity index (χ1) is 9.36.